The van der Waals surface area contributed by atoms with E-state index in [-0.39, 0.29) is 5.57 Å². The number of anilines is 2. The van der Waals surface area contributed by atoms with Crippen LogP contribution in [0.1, 0.15) is 31.9 Å². The summed E-state index contributed by atoms with van der Waals surface area (Å²) in [5.41, 5.74) is 3.25. The van der Waals surface area contributed by atoms with Crippen molar-refractivity contribution in [3.63, 3.8) is 0 Å². The van der Waals surface area contributed by atoms with Gasteiger partial charge in [0.2, 0.25) is 0 Å². The van der Waals surface area contributed by atoms with E-state index in [1.165, 1.54) is 6.08 Å². The van der Waals surface area contributed by atoms with E-state index in [1.54, 1.807) is 12.1 Å². The lowest BCUT2D eigenvalue weighted by molar-refractivity contribution is -0.122. The van der Waals surface area contributed by atoms with E-state index in [2.05, 4.69) is 24.1 Å². The number of rotatable bonds is 6. The third-order valence-corrected chi connectivity index (χ3v) is 5.04. The lowest BCUT2D eigenvalue weighted by atomic mass is 10.1. The molecule has 0 spiro atoms. The molecular weight excluding hydrogens is 366 g/mol. The number of barbiturate groups is 1. The Morgan fingerprint density at radius 3 is 2.07 bits per heavy atom. The van der Waals surface area contributed by atoms with E-state index in [0.717, 1.165) is 41.2 Å². The number of carbonyl (C=O) groups is 3. The summed E-state index contributed by atoms with van der Waals surface area (Å²) in [6.45, 7) is 7.99. The first-order valence-corrected chi connectivity index (χ1v) is 9.83. The van der Waals surface area contributed by atoms with Crippen molar-refractivity contribution in [1.82, 2.24) is 5.32 Å². The molecule has 1 saturated heterocycles. The van der Waals surface area contributed by atoms with Crippen LogP contribution >= 0.6 is 0 Å². The first-order chi connectivity index (χ1) is 14.0. The molecule has 2 aromatic carbocycles. The summed E-state index contributed by atoms with van der Waals surface area (Å²) in [6, 6.07) is 14.0. The summed E-state index contributed by atoms with van der Waals surface area (Å²) in [4.78, 5) is 40.7. The highest BCUT2D eigenvalue weighted by Crippen LogP contribution is 2.23. The molecule has 3 rings (SSSR count). The number of nitrogens with one attached hydrogen (secondary N) is 1. The first kappa shape index (κ1) is 20.3. The second-order valence-corrected chi connectivity index (χ2v) is 6.74. The summed E-state index contributed by atoms with van der Waals surface area (Å²) in [5.74, 6) is -1.31. The van der Waals surface area contributed by atoms with Crippen LogP contribution in [0.2, 0.25) is 0 Å². The molecule has 0 aliphatic carbocycles. The molecule has 0 unspecified atom stereocenters. The van der Waals surface area contributed by atoms with Gasteiger partial charge in [0.05, 0.1) is 5.69 Å². The average molecular weight is 391 g/mol. The zero-order valence-corrected chi connectivity index (χ0v) is 16.9. The van der Waals surface area contributed by atoms with E-state index in [0.29, 0.717) is 5.69 Å². The van der Waals surface area contributed by atoms with E-state index < -0.39 is 17.8 Å². The molecule has 4 amide bonds. The molecule has 1 fully saturated rings. The minimum atomic E-state index is -0.738. The molecule has 6 heteroatoms. The number of aryl methyl sites for hydroxylation is 1. The Morgan fingerprint density at radius 2 is 1.52 bits per heavy atom. The summed E-state index contributed by atoms with van der Waals surface area (Å²) < 4.78 is 0. The van der Waals surface area contributed by atoms with Crippen molar-refractivity contribution in [3.8, 4) is 0 Å². The van der Waals surface area contributed by atoms with E-state index in [1.807, 2.05) is 43.3 Å². The van der Waals surface area contributed by atoms with Crippen molar-refractivity contribution >= 4 is 35.3 Å². The van der Waals surface area contributed by atoms with Crippen LogP contribution in [-0.2, 0) is 16.0 Å². The van der Waals surface area contributed by atoms with Crippen molar-refractivity contribution in [3.05, 3.63) is 65.2 Å². The molecule has 0 aromatic heterocycles. The molecular formula is C23H25N3O3. The van der Waals surface area contributed by atoms with Crippen LogP contribution in [0.25, 0.3) is 6.08 Å². The van der Waals surface area contributed by atoms with Gasteiger partial charge in [-0.05, 0) is 61.7 Å². The van der Waals surface area contributed by atoms with Crippen LogP contribution in [0, 0.1) is 0 Å². The normalized spacial score (nSPS) is 15.6. The minimum Gasteiger partial charge on any atom is -0.372 e. The molecule has 0 atom stereocenters. The van der Waals surface area contributed by atoms with Crippen LogP contribution in [0.3, 0.4) is 0 Å². The van der Waals surface area contributed by atoms with Crippen LogP contribution in [0.15, 0.2) is 54.1 Å². The highest BCUT2D eigenvalue weighted by Gasteiger charge is 2.36. The highest BCUT2D eigenvalue weighted by molar-refractivity contribution is 6.39. The summed E-state index contributed by atoms with van der Waals surface area (Å²) in [6.07, 6.45) is 2.37. The number of imide groups is 2. The Morgan fingerprint density at radius 1 is 0.897 bits per heavy atom. The van der Waals surface area contributed by atoms with Crippen LogP contribution < -0.4 is 15.1 Å². The highest BCUT2D eigenvalue weighted by atomic mass is 16.2. The van der Waals surface area contributed by atoms with Crippen molar-refractivity contribution in [2.24, 2.45) is 0 Å². The molecule has 1 N–H and O–H groups in total. The molecule has 0 saturated carbocycles. The molecule has 0 bridgehead atoms. The maximum atomic E-state index is 12.9. The topological polar surface area (TPSA) is 69.7 Å². The summed E-state index contributed by atoms with van der Waals surface area (Å²) >= 11 is 0. The Hall–Kier alpha value is -3.41. The third kappa shape index (κ3) is 4.21. The Kier molecular flexibility index (Phi) is 6.12. The number of hydrogen-bond acceptors (Lipinski definition) is 4. The van der Waals surface area contributed by atoms with Gasteiger partial charge >= 0.3 is 6.03 Å². The van der Waals surface area contributed by atoms with Crippen LogP contribution in [0.5, 0.6) is 0 Å². The van der Waals surface area contributed by atoms with E-state index in [9.17, 15) is 14.4 Å². The van der Waals surface area contributed by atoms with E-state index in [4.69, 9.17) is 0 Å². The van der Waals surface area contributed by atoms with Gasteiger partial charge in [0.25, 0.3) is 11.8 Å². The number of carbonyl (C=O) groups excluding carboxylic acids is 3. The second kappa shape index (κ2) is 8.73. The zero-order chi connectivity index (χ0) is 21.0. The monoisotopic (exact) mass is 391 g/mol. The van der Waals surface area contributed by atoms with Gasteiger partial charge in [0.15, 0.2) is 0 Å². The average Bonchev–Trinajstić information content (AvgIpc) is 2.73. The fourth-order valence-corrected chi connectivity index (χ4v) is 3.31. The van der Waals surface area contributed by atoms with Gasteiger partial charge in [-0.2, -0.15) is 0 Å². The quantitative estimate of drug-likeness (QED) is 0.601. The molecule has 1 aliphatic rings. The van der Waals surface area contributed by atoms with Crippen molar-refractivity contribution in [2.75, 3.05) is 22.9 Å². The Balaban J connectivity index is 1.90. The molecule has 1 aliphatic heterocycles. The molecule has 29 heavy (non-hydrogen) atoms. The summed E-state index contributed by atoms with van der Waals surface area (Å²) in [5, 5.41) is 2.26. The SMILES string of the molecule is CCc1ccc(N2C(=O)NC(=O)/C(=C/c3ccc(N(CC)CC)cc3)C2=O)cc1. The van der Waals surface area contributed by atoms with Gasteiger partial charge in [-0.25, -0.2) is 9.69 Å². The van der Waals surface area contributed by atoms with E-state index >= 15 is 0 Å². The maximum Gasteiger partial charge on any atom is 0.335 e. The summed E-state index contributed by atoms with van der Waals surface area (Å²) in [7, 11) is 0. The fourth-order valence-electron chi connectivity index (χ4n) is 3.31. The second-order valence-electron chi connectivity index (χ2n) is 6.74. The number of hydrogen-bond donors (Lipinski definition) is 1. The Bertz CT molecular complexity index is 942. The van der Waals surface area contributed by atoms with Crippen molar-refractivity contribution < 1.29 is 14.4 Å². The predicted octanol–water partition coefficient (Wildman–Crippen LogP) is 3.76. The number of urea groups is 1. The molecule has 150 valence electrons. The maximum absolute atomic E-state index is 12.9. The number of amides is 4. The standard InChI is InChI=1S/C23H25N3O3/c1-4-16-7-13-19(14-8-16)26-22(28)20(21(27)24-23(26)29)15-17-9-11-18(12-10-17)25(5-2)6-3/h7-15H,4-6H2,1-3H3,(H,24,27,29)/b20-15-. The number of nitrogens with zero attached hydrogens (tertiary/aromatic N) is 2. The van der Waals surface area contributed by atoms with Crippen molar-refractivity contribution in [1.29, 1.82) is 0 Å². The molecule has 6 nitrogen and oxygen atoms in total. The van der Waals surface area contributed by atoms with Gasteiger partial charge in [-0.3, -0.25) is 14.9 Å². The lowest BCUT2D eigenvalue weighted by Gasteiger charge is -2.26. The van der Waals surface area contributed by atoms with Gasteiger partial charge in [-0.15, -0.1) is 0 Å². The molecule has 0 radical (unpaired) electrons. The Labute approximate surface area is 170 Å². The molecule has 2 aromatic rings. The van der Waals surface area contributed by atoms with Gasteiger partial charge in [0.1, 0.15) is 5.57 Å². The van der Waals surface area contributed by atoms with Crippen LogP contribution in [0.4, 0.5) is 16.2 Å². The predicted molar refractivity (Wildman–Crippen MR) is 115 cm³/mol. The van der Waals surface area contributed by atoms with Crippen molar-refractivity contribution in [2.45, 2.75) is 27.2 Å². The number of benzene rings is 2. The third-order valence-electron chi connectivity index (χ3n) is 5.04. The molecule has 1 heterocycles. The van der Waals surface area contributed by atoms with Gasteiger partial charge in [-0.1, -0.05) is 31.2 Å². The smallest absolute Gasteiger partial charge is 0.335 e. The lowest BCUT2D eigenvalue weighted by Crippen LogP contribution is -2.54. The largest absolute Gasteiger partial charge is 0.372 e. The zero-order valence-electron chi connectivity index (χ0n) is 16.9. The first-order valence-electron chi connectivity index (χ1n) is 9.83. The fraction of sp³-hybridized carbons (Fsp3) is 0.261. The van der Waals surface area contributed by atoms with Gasteiger partial charge < -0.3 is 4.90 Å². The van der Waals surface area contributed by atoms with Crippen LogP contribution in [-0.4, -0.2) is 30.9 Å². The van der Waals surface area contributed by atoms with Gasteiger partial charge in [0, 0.05) is 18.8 Å². The minimum absolute atomic E-state index is 0.0697.